The molecule has 0 spiro atoms. The van der Waals surface area contributed by atoms with Crippen molar-refractivity contribution in [3.63, 3.8) is 0 Å². The Labute approximate surface area is 256 Å². The van der Waals surface area contributed by atoms with Crippen molar-refractivity contribution in [1.29, 1.82) is 0 Å². The van der Waals surface area contributed by atoms with Gasteiger partial charge in [0.2, 0.25) is 5.91 Å². The zero-order valence-corrected chi connectivity index (χ0v) is 25.2. The molecule has 4 aromatic rings. The number of nitrogens with one attached hydrogen (secondary N) is 3. The Hall–Kier alpha value is -4.82. The maximum absolute atomic E-state index is 13.4. The van der Waals surface area contributed by atoms with Gasteiger partial charge in [-0.3, -0.25) is 14.4 Å². The molecular weight excluding hydrogens is 558 g/mol. The lowest BCUT2D eigenvalue weighted by atomic mass is 10.0. The van der Waals surface area contributed by atoms with Gasteiger partial charge in [-0.2, -0.15) is 0 Å². The zero-order valence-electron chi connectivity index (χ0n) is 24.4. The second-order valence-corrected chi connectivity index (χ2v) is 11.0. The maximum atomic E-state index is 13.4. The van der Waals surface area contributed by atoms with Gasteiger partial charge in [0.1, 0.15) is 11.4 Å². The number of ether oxygens (including phenoxy) is 1. The minimum absolute atomic E-state index is 0.110. The van der Waals surface area contributed by atoms with Crippen molar-refractivity contribution < 1.29 is 19.1 Å². The molecule has 0 aliphatic heterocycles. The van der Waals surface area contributed by atoms with E-state index < -0.39 is 5.91 Å². The number of hydrogen-bond acceptors (Lipinski definition) is 5. The van der Waals surface area contributed by atoms with Gasteiger partial charge in [0, 0.05) is 21.8 Å². The van der Waals surface area contributed by atoms with E-state index in [-0.39, 0.29) is 23.3 Å². The number of anilines is 2. The average Bonchev–Trinajstić information content (AvgIpc) is 3.01. The van der Waals surface area contributed by atoms with Gasteiger partial charge in [-0.25, -0.2) is 0 Å². The van der Waals surface area contributed by atoms with Crippen molar-refractivity contribution in [2.45, 2.75) is 31.6 Å². The second-order valence-electron chi connectivity index (χ2n) is 9.98. The van der Waals surface area contributed by atoms with Crippen LogP contribution in [-0.4, -0.2) is 30.1 Å². The van der Waals surface area contributed by atoms with E-state index in [1.54, 1.807) is 60.7 Å². The molecule has 0 saturated heterocycles. The minimum Gasteiger partial charge on any atom is -0.494 e. The summed E-state index contributed by atoms with van der Waals surface area (Å²) in [6.07, 6.45) is 1.66. The Morgan fingerprint density at radius 1 is 0.814 bits per heavy atom. The van der Waals surface area contributed by atoms with Crippen molar-refractivity contribution >= 4 is 46.9 Å². The van der Waals surface area contributed by atoms with Crippen LogP contribution in [0.15, 0.2) is 114 Å². The predicted octanol–water partition coefficient (Wildman–Crippen LogP) is 7.35. The molecule has 0 saturated carbocycles. The number of hydrogen-bond donors (Lipinski definition) is 3. The molecule has 3 amide bonds. The van der Waals surface area contributed by atoms with E-state index in [1.165, 1.54) is 17.3 Å². The fourth-order valence-electron chi connectivity index (χ4n) is 4.10. The average molecular weight is 594 g/mol. The Morgan fingerprint density at radius 2 is 1.53 bits per heavy atom. The first kappa shape index (κ1) is 31.1. The molecule has 0 fully saturated rings. The number of thioether (sulfide) groups is 1. The highest BCUT2D eigenvalue weighted by Gasteiger charge is 2.16. The van der Waals surface area contributed by atoms with E-state index in [0.29, 0.717) is 29.5 Å². The van der Waals surface area contributed by atoms with Crippen molar-refractivity contribution in [3.05, 3.63) is 126 Å². The molecule has 220 valence electrons. The van der Waals surface area contributed by atoms with E-state index >= 15 is 0 Å². The standard InChI is InChI=1S/C35H35N3O4S/c1-4-42-30-19-17-28(18-20-30)36-33(39)23-43-31-12-8-11-29(22-31)37-35(41)32(38-34(40)27-9-6-5-7-10-27)21-25-13-15-26(16-14-25)24(2)3/h5-22,24H,4,23H2,1-3H3,(H,36,39)(H,37,41)(H,38,40)/b32-21+. The van der Waals surface area contributed by atoms with Crippen LogP contribution in [0.25, 0.3) is 6.08 Å². The highest BCUT2D eigenvalue weighted by molar-refractivity contribution is 8.00. The normalized spacial score (nSPS) is 11.1. The van der Waals surface area contributed by atoms with Gasteiger partial charge in [0.05, 0.1) is 12.4 Å². The summed E-state index contributed by atoms with van der Waals surface area (Å²) in [5.74, 6) is 0.310. The lowest BCUT2D eigenvalue weighted by molar-refractivity contribution is -0.114. The SMILES string of the molecule is CCOc1ccc(NC(=O)CSc2cccc(NC(=O)/C(=C\c3ccc(C(C)C)cc3)NC(=O)c3ccccc3)c2)cc1. The molecule has 0 atom stereocenters. The van der Waals surface area contributed by atoms with Crippen LogP contribution < -0.4 is 20.7 Å². The minimum atomic E-state index is -0.465. The summed E-state index contributed by atoms with van der Waals surface area (Å²) in [5.41, 5.74) is 3.74. The van der Waals surface area contributed by atoms with Gasteiger partial charge in [-0.1, -0.05) is 62.4 Å². The number of benzene rings is 4. The van der Waals surface area contributed by atoms with E-state index in [4.69, 9.17) is 4.74 Å². The zero-order chi connectivity index (χ0) is 30.6. The van der Waals surface area contributed by atoms with Gasteiger partial charge in [-0.15, -0.1) is 11.8 Å². The smallest absolute Gasteiger partial charge is 0.272 e. The fraction of sp³-hybridized carbons (Fsp3) is 0.171. The van der Waals surface area contributed by atoms with Crippen LogP contribution in [0, 0.1) is 0 Å². The highest BCUT2D eigenvalue weighted by atomic mass is 32.2. The summed E-state index contributed by atoms with van der Waals surface area (Å²) in [6, 6.07) is 31.0. The quantitative estimate of drug-likeness (QED) is 0.118. The second kappa shape index (κ2) is 15.4. The molecule has 7 nitrogen and oxygen atoms in total. The third-order valence-corrected chi connectivity index (χ3v) is 7.35. The molecule has 8 heteroatoms. The third kappa shape index (κ3) is 9.61. The molecule has 0 aliphatic rings. The fourth-order valence-corrected chi connectivity index (χ4v) is 4.85. The first-order chi connectivity index (χ1) is 20.8. The highest BCUT2D eigenvalue weighted by Crippen LogP contribution is 2.23. The first-order valence-electron chi connectivity index (χ1n) is 14.1. The van der Waals surface area contributed by atoms with Crippen LogP contribution in [0.3, 0.4) is 0 Å². The topological polar surface area (TPSA) is 96.5 Å². The molecule has 0 radical (unpaired) electrons. The summed E-state index contributed by atoms with van der Waals surface area (Å²) < 4.78 is 5.43. The lowest BCUT2D eigenvalue weighted by Crippen LogP contribution is -2.30. The van der Waals surface area contributed by atoms with Crippen molar-refractivity contribution in [3.8, 4) is 5.75 Å². The summed E-state index contributed by atoms with van der Waals surface area (Å²) in [4.78, 5) is 39.7. The van der Waals surface area contributed by atoms with Crippen LogP contribution in [0.5, 0.6) is 5.75 Å². The van der Waals surface area contributed by atoms with E-state index in [0.717, 1.165) is 16.2 Å². The molecule has 0 heterocycles. The Morgan fingerprint density at radius 3 is 2.21 bits per heavy atom. The van der Waals surface area contributed by atoms with Gasteiger partial charge in [0.25, 0.3) is 11.8 Å². The van der Waals surface area contributed by atoms with Gasteiger partial charge in [-0.05, 0) is 84.6 Å². The maximum Gasteiger partial charge on any atom is 0.272 e. The van der Waals surface area contributed by atoms with Gasteiger partial charge < -0.3 is 20.7 Å². The number of amides is 3. The number of carbonyl (C=O) groups is 3. The van der Waals surface area contributed by atoms with Crippen LogP contribution in [0.4, 0.5) is 11.4 Å². The predicted molar refractivity (Wildman–Crippen MR) is 174 cm³/mol. The van der Waals surface area contributed by atoms with Crippen molar-refractivity contribution in [2.75, 3.05) is 23.0 Å². The molecule has 4 rings (SSSR count). The van der Waals surface area contributed by atoms with Crippen LogP contribution in [-0.2, 0) is 9.59 Å². The molecule has 0 aliphatic carbocycles. The van der Waals surface area contributed by atoms with E-state index in [9.17, 15) is 14.4 Å². The third-order valence-electron chi connectivity index (χ3n) is 6.35. The number of rotatable bonds is 12. The summed E-state index contributed by atoms with van der Waals surface area (Å²) >= 11 is 1.35. The van der Waals surface area contributed by atoms with Crippen molar-refractivity contribution in [2.24, 2.45) is 0 Å². The first-order valence-corrected chi connectivity index (χ1v) is 15.0. The van der Waals surface area contributed by atoms with Crippen LogP contribution in [0.2, 0.25) is 0 Å². The Bertz CT molecular complexity index is 1570. The largest absolute Gasteiger partial charge is 0.494 e. The number of carbonyl (C=O) groups excluding carboxylic acids is 3. The molecule has 0 aromatic heterocycles. The summed E-state index contributed by atoms with van der Waals surface area (Å²) in [5, 5.41) is 8.53. The molecule has 3 N–H and O–H groups in total. The van der Waals surface area contributed by atoms with Crippen molar-refractivity contribution in [1.82, 2.24) is 5.32 Å². The Balaban J connectivity index is 1.43. The molecule has 0 unspecified atom stereocenters. The van der Waals surface area contributed by atoms with Gasteiger partial charge >= 0.3 is 0 Å². The van der Waals surface area contributed by atoms with Crippen LogP contribution >= 0.6 is 11.8 Å². The van der Waals surface area contributed by atoms with Gasteiger partial charge in [0.15, 0.2) is 0 Å². The van der Waals surface area contributed by atoms with Crippen LogP contribution in [0.1, 0.15) is 48.2 Å². The molecule has 4 aromatic carbocycles. The molecular formula is C35H35N3O4S. The summed E-state index contributed by atoms with van der Waals surface area (Å²) in [7, 11) is 0. The summed E-state index contributed by atoms with van der Waals surface area (Å²) in [6.45, 7) is 6.72. The van der Waals surface area contributed by atoms with E-state index in [1.807, 2.05) is 55.5 Å². The molecule has 43 heavy (non-hydrogen) atoms. The Kier molecular flexibility index (Phi) is 11.2. The lowest BCUT2D eigenvalue weighted by Gasteiger charge is -2.13. The monoisotopic (exact) mass is 593 g/mol. The van der Waals surface area contributed by atoms with E-state index in [2.05, 4.69) is 29.8 Å². The molecule has 0 bridgehead atoms.